The fourth-order valence-electron chi connectivity index (χ4n) is 1.81. The minimum Gasteiger partial charge on any atom is -0.391 e. The average molecular weight is 244 g/mol. The average Bonchev–Trinajstić information content (AvgIpc) is 2.36. The highest BCUT2D eigenvalue weighted by Crippen LogP contribution is 2.19. The summed E-state index contributed by atoms with van der Waals surface area (Å²) in [4.78, 5) is 11.9. The quantitative estimate of drug-likeness (QED) is 0.602. The topological polar surface area (TPSA) is 75.3 Å². The zero-order chi connectivity index (χ0) is 13.5. The summed E-state index contributed by atoms with van der Waals surface area (Å²) in [5.41, 5.74) is 5.09. The van der Waals surface area contributed by atoms with E-state index in [0.29, 0.717) is 19.5 Å². The van der Waals surface area contributed by atoms with Gasteiger partial charge in [0.15, 0.2) is 0 Å². The number of rotatable bonds is 8. The van der Waals surface area contributed by atoms with Crippen molar-refractivity contribution in [3.05, 3.63) is 0 Å². The molecule has 4 N–H and O–H groups in total. The molecule has 0 bridgehead atoms. The molecule has 0 aliphatic heterocycles. The van der Waals surface area contributed by atoms with Crippen molar-refractivity contribution in [2.75, 3.05) is 13.1 Å². The second kappa shape index (κ2) is 7.67. The highest BCUT2D eigenvalue weighted by molar-refractivity contribution is 5.82. The minimum absolute atomic E-state index is 0.0625. The van der Waals surface area contributed by atoms with Gasteiger partial charge in [-0.2, -0.15) is 0 Å². The number of hydrogen-bond acceptors (Lipinski definition) is 3. The predicted molar refractivity (Wildman–Crippen MR) is 70.5 cm³/mol. The summed E-state index contributed by atoms with van der Waals surface area (Å²) < 4.78 is 0. The van der Waals surface area contributed by atoms with Crippen LogP contribution in [0.25, 0.3) is 0 Å². The molecule has 0 rings (SSSR count). The van der Waals surface area contributed by atoms with Crippen molar-refractivity contribution in [2.45, 2.75) is 53.1 Å². The van der Waals surface area contributed by atoms with E-state index in [9.17, 15) is 9.90 Å². The number of aliphatic hydroxyl groups is 1. The van der Waals surface area contributed by atoms with Crippen LogP contribution < -0.4 is 11.1 Å². The van der Waals surface area contributed by atoms with E-state index in [1.165, 1.54) is 0 Å². The number of nitrogens with one attached hydrogen (secondary N) is 1. The lowest BCUT2D eigenvalue weighted by atomic mass is 9.86. The minimum atomic E-state index is -0.520. The molecule has 0 aromatic heterocycles. The molecule has 2 unspecified atom stereocenters. The van der Waals surface area contributed by atoms with Crippen LogP contribution in [0.4, 0.5) is 0 Å². The van der Waals surface area contributed by atoms with E-state index in [1.54, 1.807) is 0 Å². The Morgan fingerprint density at radius 1 is 1.35 bits per heavy atom. The second-order valence-electron chi connectivity index (χ2n) is 4.97. The van der Waals surface area contributed by atoms with E-state index in [-0.39, 0.29) is 11.8 Å². The lowest BCUT2D eigenvalue weighted by Gasteiger charge is -2.27. The summed E-state index contributed by atoms with van der Waals surface area (Å²) in [6.45, 7) is 8.55. The summed E-state index contributed by atoms with van der Waals surface area (Å²) in [5.74, 6) is 0.188. The third-order valence-electron chi connectivity index (χ3n) is 3.84. The Morgan fingerprint density at radius 2 is 1.88 bits per heavy atom. The maximum absolute atomic E-state index is 11.9. The maximum Gasteiger partial charge on any atom is 0.227 e. The highest BCUT2D eigenvalue weighted by atomic mass is 16.3. The number of hydrogen-bond donors (Lipinski definition) is 3. The fraction of sp³-hybridized carbons (Fsp3) is 0.923. The van der Waals surface area contributed by atoms with Gasteiger partial charge in [0.25, 0.3) is 0 Å². The maximum atomic E-state index is 11.9. The van der Waals surface area contributed by atoms with Crippen molar-refractivity contribution in [1.82, 2.24) is 5.32 Å². The van der Waals surface area contributed by atoms with E-state index in [2.05, 4.69) is 19.2 Å². The molecule has 0 radical (unpaired) electrons. The Morgan fingerprint density at radius 3 is 2.24 bits per heavy atom. The number of carbonyl (C=O) groups is 1. The number of aliphatic hydroxyl groups excluding tert-OH is 1. The molecule has 0 saturated heterocycles. The zero-order valence-electron chi connectivity index (χ0n) is 11.6. The first-order chi connectivity index (χ1) is 7.95. The van der Waals surface area contributed by atoms with Crippen LogP contribution >= 0.6 is 0 Å². The molecule has 0 fully saturated rings. The van der Waals surface area contributed by atoms with Crippen LogP contribution in [-0.4, -0.2) is 30.2 Å². The lowest BCUT2D eigenvalue weighted by molar-refractivity contribution is -0.130. The van der Waals surface area contributed by atoms with E-state index in [4.69, 9.17) is 5.73 Å². The molecule has 2 atom stereocenters. The van der Waals surface area contributed by atoms with Gasteiger partial charge in [-0.05, 0) is 19.3 Å². The number of amides is 1. The van der Waals surface area contributed by atoms with Crippen molar-refractivity contribution in [2.24, 2.45) is 17.1 Å². The van der Waals surface area contributed by atoms with Gasteiger partial charge in [-0.3, -0.25) is 4.79 Å². The largest absolute Gasteiger partial charge is 0.391 e. The molecule has 4 nitrogen and oxygen atoms in total. The standard InChI is InChI=1S/C13H28N2O2/c1-5-10(6-2)11(16)8-15-12(17)13(4,7-3)9-14/h10-11,16H,5-9,14H2,1-4H3,(H,15,17). The summed E-state index contributed by atoms with van der Waals surface area (Å²) in [6, 6.07) is 0. The van der Waals surface area contributed by atoms with Gasteiger partial charge in [0, 0.05) is 13.1 Å². The molecule has 102 valence electrons. The number of nitrogens with two attached hydrogens (primary N) is 1. The van der Waals surface area contributed by atoms with Gasteiger partial charge < -0.3 is 16.2 Å². The zero-order valence-corrected chi connectivity index (χ0v) is 11.6. The van der Waals surface area contributed by atoms with Crippen molar-refractivity contribution >= 4 is 5.91 Å². The third kappa shape index (κ3) is 4.64. The molecule has 17 heavy (non-hydrogen) atoms. The van der Waals surface area contributed by atoms with Crippen LogP contribution in [0.2, 0.25) is 0 Å². The Kier molecular flexibility index (Phi) is 7.39. The summed E-state index contributed by atoms with van der Waals surface area (Å²) >= 11 is 0. The Balaban J connectivity index is 4.24. The van der Waals surface area contributed by atoms with Gasteiger partial charge in [0.05, 0.1) is 11.5 Å². The van der Waals surface area contributed by atoms with Gasteiger partial charge in [0.1, 0.15) is 0 Å². The second-order valence-corrected chi connectivity index (χ2v) is 4.97. The molecule has 0 aliphatic carbocycles. The van der Waals surface area contributed by atoms with Crippen LogP contribution in [0, 0.1) is 11.3 Å². The normalized spacial score (nSPS) is 16.6. The molecular formula is C13H28N2O2. The van der Waals surface area contributed by atoms with Gasteiger partial charge in [-0.25, -0.2) is 0 Å². The molecule has 0 spiro atoms. The smallest absolute Gasteiger partial charge is 0.227 e. The van der Waals surface area contributed by atoms with Gasteiger partial charge >= 0.3 is 0 Å². The summed E-state index contributed by atoms with van der Waals surface area (Å²) in [6.07, 6.45) is 2.09. The van der Waals surface area contributed by atoms with Crippen LogP contribution in [0.5, 0.6) is 0 Å². The van der Waals surface area contributed by atoms with E-state index in [1.807, 2.05) is 13.8 Å². The molecule has 0 aromatic rings. The van der Waals surface area contributed by atoms with Gasteiger partial charge in [0.2, 0.25) is 5.91 Å². The lowest BCUT2D eigenvalue weighted by Crippen LogP contribution is -2.46. The van der Waals surface area contributed by atoms with E-state index < -0.39 is 11.5 Å². The molecule has 0 heterocycles. The summed E-state index contributed by atoms with van der Waals surface area (Å²) in [7, 11) is 0. The molecule has 1 amide bonds. The SMILES string of the molecule is CCC(CC)C(O)CNC(=O)C(C)(CC)CN. The van der Waals surface area contributed by atoms with Crippen LogP contribution in [0.15, 0.2) is 0 Å². The molecular weight excluding hydrogens is 216 g/mol. The van der Waals surface area contributed by atoms with Crippen molar-refractivity contribution < 1.29 is 9.90 Å². The van der Waals surface area contributed by atoms with Crippen molar-refractivity contribution in [3.63, 3.8) is 0 Å². The predicted octanol–water partition coefficient (Wildman–Crippen LogP) is 1.27. The first-order valence-corrected chi connectivity index (χ1v) is 6.61. The van der Waals surface area contributed by atoms with Gasteiger partial charge in [-0.15, -0.1) is 0 Å². The van der Waals surface area contributed by atoms with E-state index in [0.717, 1.165) is 12.8 Å². The Labute approximate surface area is 105 Å². The van der Waals surface area contributed by atoms with Crippen molar-refractivity contribution in [3.8, 4) is 0 Å². The Bertz CT molecular complexity index is 223. The third-order valence-corrected chi connectivity index (χ3v) is 3.84. The van der Waals surface area contributed by atoms with Crippen LogP contribution in [0.3, 0.4) is 0 Å². The van der Waals surface area contributed by atoms with Crippen molar-refractivity contribution in [1.29, 1.82) is 0 Å². The first-order valence-electron chi connectivity index (χ1n) is 6.61. The monoisotopic (exact) mass is 244 g/mol. The highest BCUT2D eigenvalue weighted by Gasteiger charge is 2.30. The number of carbonyl (C=O) groups excluding carboxylic acids is 1. The van der Waals surface area contributed by atoms with Crippen LogP contribution in [0.1, 0.15) is 47.0 Å². The Hall–Kier alpha value is -0.610. The molecule has 0 aromatic carbocycles. The first kappa shape index (κ1) is 16.4. The van der Waals surface area contributed by atoms with Crippen LogP contribution in [-0.2, 0) is 4.79 Å². The fourth-order valence-corrected chi connectivity index (χ4v) is 1.81. The molecule has 0 saturated carbocycles. The summed E-state index contributed by atoms with van der Waals surface area (Å²) in [5, 5.41) is 12.7. The van der Waals surface area contributed by atoms with Gasteiger partial charge in [-0.1, -0.05) is 33.6 Å². The molecule has 0 aliphatic rings. The molecule has 4 heteroatoms. The van der Waals surface area contributed by atoms with E-state index >= 15 is 0 Å².